The SMILES string of the molecule is O=C(COc1cccc(I)c1)Nc1ccc(F)cc1F. The van der Waals surface area contributed by atoms with Gasteiger partial charge < -0.3 is 10.1 Å². The minimum atomic E-state index is -0.826. The van der Waals surface area contributed by atoms with E-state index in [1.54, 1.807) is 18.2 Å². The van der Waals surface area contributed by atoms with Crippen LogP contribution in [0.2, 0.25) is 0 Å². The number of halogens is 3. The van der Waals surface area contributed by atoms with E-state index < -0.39 is 17.5 Å². The summed E-state index contributed by atoms with van der Waals surface area (Å²) in [4.78, 5) is 11.6. The summed E-state index contributed by atoms with van der Waals surface area (Å²) in [6.07, 6.45) is 0. The number of ether oxygens (including phenoxy) is 1. The molecular weight excluding hydrogens is 379 g/mol. The van der Waals surface area contributed by atoms with E-state index in [1.807, 2.05) is 6.07 Å². The van der Waals surface area contributed by atoms with Crippen molar-refractivity contribution in [2.45, 2.75) is 0 Å². The van der Waals surface area contributed by atoms with E-state index in [0.29, 0.717) is 11.8 Å². The molecule has 6 heteroatoms. The van der Waals surface area contributed by atoms with E-state index in [-0.39, 0.29) is 12.3 Å². The molecule has 0 aliphatic carbocycles. The summed E-state index contributed by atoms with van der Waals surface area (Å²) < 4.78 is 32.3. The molecule has 0 heterocycles. The fourth-order valence-electron chi connectivity index (χ4n) is 1.48. The first-order valence-corrected chi connectivity index (χ1v) is 6.76. The highest BCUT2D eigenvalue weighted by Gasteiger charge is 2.08. The molecule has 20 heavy (non-hydrogen) atoms. The Morgan fingerprint density at radius 3 is 2.70 bits per heavy atom. The molecule has 2 aromatic rings. The number of carbonyl (C=O) groups is 1. The van der Waals surface area contributed by atoms with Crippen LogP contribution in [0, 0.1) is 15.2 Å². The minimum absolute atomic E-state index is 0.0809. The largest absolute Gasteiger partial charge is 0.484 e. The van der Waals surface area contributed by atoms with E-state index in [0.717, 1.165) is 15.7 Å². The van der Waals surface area contributed by atoms with Crippen molar-refractivity contribution in [3.8, 4) is 5.75 Å². The number of benzene rings is 2. The average Bonchev–Trinajstić information content (AvgIpc) is 2.40. The Balaban J connectivity index is 1.92. The van der Waals surface area contributed by atoms with Crippen LogP contribution < -0.4 is 10.1 Å². The van der Waals surface area contributed by atoms with Gasteiger partial charge in [0.1, 0.15) is 17.4 Å². The zero-order valence-electron chi connectivity index (χ0n) is 10.2. The number of carbonyl (C=O) groups excluding carboxylic acids is 1. The predicted octanol–water partition coefficient (Wildman–Crippen LogP) is 3.59. The molecule has 0 atom stereocenters. The zero-order valence-corrected chi connectivity index (χ0v) is 12.4. The molecule has 0 aliphatic heterocycles. The summed E-state index contributed by atoms with van der Waals surface area (Å²) in [7, 11) is 0. The Morgan fingerprint density at radius 1 is 1.20 bits per heavy atom. The van der Waals surface area contributed by atoms with E-state index in [1.165, 1.54) is 0 Å². The molecule has 0 radical (unpaired) electrons. The van der Waals surface area contributed by atoms with Gasteiger partial charge in [0.15, 0.2) is 6.61 Å². The third-order valence-electron chi connectivity index (χ3n) is 2.37. The molecule has 0 bridgehead atoms. The summed E-state index contributed by atoms with van der Waals surface area (Å²) in [6, 6.07) is 10.1. The molecule has 0 saturated heterocycles. The summed E-state index contributed by atoms with van der Waals surface area (Å²) in [5.41, 5.74) is -0.0809. The molecule has 0 spiro atoms. The smallest absolute Gasteiger partial charge is 0.262 e. The highest BCUT2D eigenvalue weighted by molar-refractivity contribution is 14.1. The summed E-state index contributed by atoms with van der Waals surface area (Å²) in [5, 5.41) is 2.31. The molecule has 0 aromatic heterocycles. The van der Waals surface area contributed by atoms with Gasteiger partial charge >= 0.3 is 0 Å². The summed E-state index contributed by atoms with van der Waals surface area (Å²) >= 11 is 2.12. The van der Waals surface area contributed by atoms with E-state index in [4.69, 9.17) is 4.74 Å². The lowest BCUT2D eigenvalue weighted by Gasteiger charge is -2.08. The molecule has 0 aliphatic rings. The molecule has 0 saturated carbocycles. The number of anilines is 1. The maximum atomic E-state index is 13.3. The van der Waals surface area contributed by atoms with Crippen molar-refractivity contribution in [3.05, 3.63) is 57.7 Å². The van der Waals surface area contributed by atoms with Crippen LogP contribution in [0.4, 0.5) is 14.5 Å². The van der Waals surface area contributed by atoms with E-state index in [2.05, 4.69) is 27.9 Å². The van der Waals surface area contributed by atoms with Crippen LogP contribution >= 0.6 is 22.6 Å². The maximum Gasteiger partial charge on any atom is 0.262 e. The predicted molar refractivity (Wildman–Crippen MR) is 79.6 cm³/mol. The van der Waals surface area contributed by atoms with Gasteiger partial charge in [-0.3, -0.25) is 4.79 Å². The number of rotatable bonds is 4. The fourth-order valence-corrected chi connectivity index (χ4v) is 2.00. The summed E-state index contributed by atoms with van der Waals surface area (Å²) in [5.74, 6) is -1.50. The normalized spacial score (nSPS) is 10.2. The standard InChI is InChI=1S/C14H10F2INO2/c15-9-4-5-13(12(16)6-9)18-14(19)8-20-11-3-1-2-10(17)7-11/h1-7H,8H2,(H,18,19). The van der Waals surface area contributed by atoms with Gasteiger partial charge in [0, 0.05) is 9.64 Å². The number of nitrogens with one attached hydrogen (secondary N) is 1. The molecule has 0 fully saturated rings. The van der Waals surface area contributed by atoms with Crippen molar-refractivity contribution in [3.63, 3.8) is 0 Å². The molecule has 2 rings (SSSR count). The van der Waals surface area contributed by atoms with Gasteiger partial charge in [0.25, 0.3) is 5.91 Å². The van der Waals surface area contributed by atoms with Crippen molar-refractivity contribution in [2.75, 3.05) is 11.9 Å². The van der Waals surface area contributed by atoms with E-state index in [9.17, 15) is 13.6 Å². The minimum Gasteiger partial charge on any atom is -0.484 e. The van der Waals surface area contributed by atoms with Gasteiger partial charge in [0.2, 0.25) is 0 Å². The molecule has 1 N–H and O–H groups in total. The zero-order chi connectivity index (χ0) is 14.5. The third-order valence-corrected chi connectivity index (χ3v) is 3.04. The third kappa shape index (κ3) is 4.16. The average molecular weight is 389 g/mol. The number of hydrogen-bond donors (Lipinski definition) is 1. The Labute approximate surface area is 128 Å². The second-order valence-corrected chi connectivity index (χ2v) is 5.16. The molecule has 104 valence electrons. The van der Waals surface area contributed by atoms with Crippen LogP contribution in [0.15, 0.2) is 42.5 Å². The topological polar surface area (TPSA) is 38.3 Å². The Hall–Kier alpha value is -1.70. The van der Waals surface area contributed by atoms with Crippen molar-refractivity contribution >= 4 is 34.2 Å². The quantitative estimate of drug-likeness (QED) is 0.812. The van der Waals surface area contributed by atoms with Crippen molar-refractivity contribution in [1.82, 2.24) is 0 Å². The lowest BCUT2D eigenvalue weighted by molar-refractivity contribution is -0.118. The van der Waals surface area contributed by atoms with Gasteiger partial charge in [-0.1, -0.05) is 6.07 Å². The van der Waals surface area contributed by atoms with Gasteiger partial charge in [-0.25, -0.2) is 8.78 Å². The molecular formula is C14H10F2INO2. The van der Waals surface area contributed by atoms with Crippen molar-refractivity contribution < 1.29 is 18.3 Å². The molecule has 2 aromatic carbocycles. The van der Waals surface area contributed by atoms with Crippen molar-refractivity contribution in [1.29, 1.82) is 0 Å². The summed E-state index contributed by atoms with van der Waals surface area (Å²) in [6.45, 7) is -0.253. The van der Waals surface area contributed by atoms with Crippen molar-refractivity contribution in [2.24, 2.45) is 0 Å². The number of amides is 1. The van der Waals surface area contributed by atoms with Gasteiger partial charge in [-0.15, -0.1) is 0 Å². The lowest BCUT2D eigenvalue weighted by Crippen LogP contribution is -2.20. The Bertz CT molecular complexity index is 634. The van der Waals surface area contributed by atoms with Crippen LogP contribution in [0.1, 0.15) is 0 Å². The van der Waals surface area contributed by atoms with Gasteiger partial charge in [-0.2, -0.15) is 0 Å². The number of hydrogen-bond acceptors (Lipinski definition) is 2. The highest BCUT2D eigenvalue weighted by atomic mass is 127. The Morgan fingerprint density at radius 2 is 2.00 bits per heavy atom. The fraction of sp³-hybridized carbons (Fsp3) is 0.0714. The first-order chi connectivity index (χ1) is 9.54. The Kier molecular flexibility index (Phi) is 4.89. The van der Waals surface area contributed by atoms with Crippen LogP contribution in [0.25, 0.3) is 0 Å². The van der Waals surface area contributed by atoms with Gasteiger partial charge in [0.05, 0.1) is 5.69 Å². The van der Waals surface area contributed by atoms with E-state index >= 15 is 0 Å². The van der Waals surface area contributed by atoms with Crippen LogP contribution in [0.3, 0.4) is 0 Å². The monoisotopic (exact) mass is 389 g/mol. The first kappa shape index (κ1) is 14.7. The molecule has 3 nitrogen and oxygen atoms in total. The van der Waals surface area contributed by atoms with Gasteiger partial charge in [-0.05, 0) is 52.9 Å². The highest BCUT2D eigenvalue weighted by Crippen LogP contribution is 2.16. The second-order valence-electron chi connectivity index (χ2n) is 3.92. The van der Waals surface area contributed by atoms with Crippen LogP contribution in [0.5, 0.6) is 5.75 Å². The van der Waals surface area contributed by atoms with Crippen LogP contribution in [-0.4, -0.2) is 12.5 Å². The van der Waals surface area contributed by atoms with Crippen LogP contribution in [-0.2, 0) is 4.79 Å². The molecule has 1 amide bonds. The first-order valence-electron chi connectivity index (χ1n) is 5.68. The maximum absolute atomic E-state index is 13.3. The molecule has 0 unspecified atom stereocenters. The lowest BCUT2D eigenvalue weighted by atomic mass is 10.3. The second kappa shape index (κ2) is 6.65.